The maximum Gasteiger partial charge on any atom is 0.141 e. The summed E-state index contributed by atoms with van der Waals surface area (Å²) in [7, 11) is 0. The van der Waals surface area contributed by atoms with E-state index in [9.17, 15) is 4.39 Å². The minimum Gasteiger partial charge on any atom is -0.383 e. The Morgan fingerprint density at radius 2 is 2.18 bits per heavy atom. The number of nitrogens with one attached hydrogen (secondary N) is 2. The second-order valence-corrected chi connectivity index (χ2v) is 8.32. The van der Waals surface area contributed by atoms with Crippen LogP contribution in [0.2, 0.25) is 0 Å². The third kappa shape index (κ3) is 5.33. The highest BCUT2D eigenvalue weighted by Crippen LogP contribution is 2.32. The second kappa shape index (κ2) is 9.21. The predicted molar refractivity (Wildman–Crippen MR) is 115 cm³/mol. The molecule has 0 spiro atoms. The van der Waals surface area contributed by atoms with E-state index in [4.69, 9.17) is 4.99 Å². The van der Waals surface area contributed by atoms with E-state index in [1.807, 2.05) is 19.9 Å². The van der Waals surface area contributed by atoms with E-state index in [1.165, 1.54) is 25.1 Å². The lowest BCUT2D eigenvalue weighted by atomic mass is 10.1. The van der Waals surface area contributed by atoms with Crippen molar-refractivity contribution in [2.75, 3.05) is 13.2 Å². The Hall–Kier alpha value is -2.38. The molecule has 2 N–H and O–H groups in total. The van der Waals surface area contributed by atoms with Crippen molar-refractivity contribution in [2.45, 2.75) is 32.7 Å². The van der Waals surface area contributed by atoms with Gasteiger partial charge in [-0.2, -0.15) is 0 Å². The third-order valence-electron chi connectivity index (χ3n) is 4.67. The molecule has 3 rings (SSSR count). The molecule has 1 saturated carbocycles. The first-order valence-electron chi connectivity index (χ1n) is 9.37. The summed E-state index contributed by atoms with van der Waals surface area (Å²) in [5.41, 5.74) is 3.18. The quantitative estimate of drug-likeness (QED) is 0.577. The number of thiophene rings is 1. The average molecular weight is 400 g/mol. The summed E-state index contributed by atoms with van der Waals surface area (Å²) in [4.78, 5) is 14.9. The number of pyridine rings is 1. The number of aryl methyl sites for hydroxylation is 1. The van der Waals surface area contributed by atoms with Crippen LogP contribution in [0.25, 0.3) is 0 Å². The standard InChI is InChI=1S/C21H26FN5S/c1-13-7-19(23-4)21(28-13)20(15(3)25-9-16-5-6-16)27-12-26-14(2)17-8-18(22)11-24-10-17/h7-8,10-11,14,16,25-26H,3-6,9,12H2,1-2H3/b27-20-. The van der Waals surface area contributed by atoms with Gasteiger partial charge in [0.05, 0.1) is 29.1 Å². The minimum absolute atomic E-state index is 0.0806. The van der Waals surface area contributed by atoms with Crippen LogP contribution >= 0.6 is 11.3 Å². The van der Waals surface area contributed by atoms with Crippen LogP contribution in [-0.2, 0) is 0 Å². The van der Waals surface area contributed by atoms with Crippen molar-refractivity contribution < 1.29 is 4.39 Å². The van der Waals surface area contributed by atoms with Gasteiger partial charge in [-0.1, -0.05) is 6.58 Å². The number of aromatic nitrogens is 1. The number of nitrogens with zero attached hydrogens (tertiary/aromatic N) is 3. The van der Waals surface area contributed by atoms with Gasteiger partial charge >= 0.3 is 0 Å². The summed E-state index contributed by atoms with van der Waals surface area (Å²) in [6, 6.07) is 3.40. The van der Waals surface area contributed by atoms with Crippen LogP contribution in [-0.4, -0.2) is 30.6 Å². The molecular weight excluding hydrogens is 373 g/mol. The van der Waals surface area contributed by atoms with E-state index >= 15 is 0 Å². The van der Waals surface area contributed by atoms with Gasteiger partial charge < -0.3 is 5.32 Å². The predicted octanol–water partition coefficient (Wildman–Crippen LogP) is 4.53. The lowest BCUT2D eigenvalue weighted by molar-refractivity contribution is 0.571. The maximum atomic E-state index is 13.4. The van der Waals surface area contributed by atoms with Crippen LogP contribution in [0, 0.1) is 18.7 Å². The Bertz CT molecular complexity index is 885. The van der Waals surface area contributed by atoms with Crippen molar-refractivity contribution >= 4 is 29.5 Å². The Morgan fingerprint density at radius 3 is 2.86 bits per heavy atom. The number of halogens is 1. The van der Waals surface area contributed by atoms with Crippen LogP contribution in [0.5, 0.6) is 0 Å². The summed E-state index contributed by atoms with van der Waals surface area (Å²) >= 11 is 1.63. The minimum atomic E-state index is -0.344. The molecule has 1 unspecified atom stereocenters. The molecular formula is C21H26FN5S. The molecule has 0 bridgehead atoms. The fraction of sp³-hybridized carbons (Fsp3) is 0.381. The van der Waals surface area contributed by atoms with E-state index < -0.39 is 0 Å². The van der Waals surface area contributed by atoms with Crippen LogP contribution in [0.4, 0.5) is 10.1 Å². The number of aliphatic imine (C=N–C) groups is 2. The molecule has 0 saturated heterocycles. The molecule has 7 heteroatoms. The monoisotopic (exact) mass is 399 g/mol. The van der Waals surface area contributed by atoms with E-state index in [1.54, 1.807) is 17.5 Å². The third-order valence-corrected chi connectivity index (χ3v) is 5.72. The fourth-order valence-corrected chi connectivity index (χ4v) is 3.82. The van der Waals surface area contributed by atoms with E-state index in [0.717, 1.165) is 44.9 Å². The lowest BCUT2D eigenvalue weighted by Crippen LogP contribution is -2.25. The van der Waals surface area contributed by atoms with Crippen LogP contribution in [0.1, 0.15) is 41.1 Å². The number of allylic oxidation sites excluding steroid dienone is 1. The van der Waals surface area contributed by atoms with Crippen LogP contribution in [0.15, 0.2) is 46.8 Å². The molecule has 1 aliphatic rings. The molecule has 28 heavy (non-hydrogen) atoms. The smallest absolute Gasteiger partial charge is 0.141 e. The molecule has 1 aliphatic carbocycles. The molecule has 0 aliphatic heterocycles. The van der Waals surface area contributed by atoms with E-state index in [0.29, 0.717) is 6.67 Å². The summed E-state index contributed by atoms with van der Waals surface area (Å²) in [5, 5.41) is 6.71. The number of hydrogen-bond acceptors (Lipinski definition) is 6. The van der Waals surface area contributed by atoms with Crippen LogP contribution < -0.4 is 10.6 Å². The van der Waals surface area contributed by atoms with E-state index in [-0.39, 0.29) is 11.9 Å². The molecule has 148 valence electrons. The average Bonchev–Trinajstić information content (AvgIpc) is 3.43. The van der Waals surface area contributed by atoms with Crippen molar-refractivity contribution in [1.29, 1.82) is 0 Å². The Morgan fingerprint density at radius 1 is 1.39 bits per heavy atom. The fourth-order valence-electron chi connectivity index (χ4n) is 2.81. The Labute approximate surface area is 169 Å². The zero-order valence-corrected chi connectivity index (χ0v) is 17.2. The molecule has 2 aromatic rings. The zero-order chi connectivity index (χ0) is 20.1. The Balaban J connectivity index is 1.75. The first-order valence-corrected chi connectivity index (χ1v) is 10.2. The van der Waals surface area contributed by atoms with Gasteiger partial charge in [0.25, 0.3) is 0 Å². The van der Waals surface area contributed by atoms with E-state index in [2.05, 4.69) is 33.9 Å². The highest BCUT2D eigenvalue weighted by molar-refractivity contribution is 7.14. The van der Waals surface area contributed by atoms with Crippen molar-refractivity contribution in [1.82, 2.24) is 15.6 Å². The van der Waals surface area contributed by atoms with Gasteiger partial charge in [-0.3, -0.25) is 20.3 Å². The Kier molecular flexibility index (Phi) is 6.70. The summed E-state index contributed by atoms with van der Waals surface area (Å²) in [6.45, 7) is 13.2. The van der Waals surface area contributed by atoms with Gasteiger partial charge in [0.15, 0.2) is 0 Å². The summed E-state index contributed by atoms with van der Waals surface area (Å²) in [5.74, 6) is 0.391. The van der Waals surface area contributed by atoms with Gasteiger partial charge in [-0.15, -0.1) is 11.3 Å². The molecule has 2 aromatic heterocycles. The first-order chi connectivity index (χ1) is 13.5. The van der Waals surface area contributed by atoms with Crippen molar-refractivity contribution in [3.05, 3.63) is 57.9 Å². The van der Waals surface area contributed by atoms with Crippen molar-refractivity contribution in [3.63, 3.8) is 0 Å². The molecule has 2 heterocycles. The molecule has 0 aromatic carbocycles. The molecule has 5 nitrogen and oxygen atoms in total. The zero-order valence-electron chi connectivity index (χ0n) is 16.3. The van der Waals surface area contributed by atoms with Crippen molar-refractivity contribution in [3.8, 4) is 0 Å². The first kappa shape index (κ1) is 20.4. The van der Waals surface area contributed by atoms with Gasteiger partial charge in [-0.25, -0.2) is 4.39 Å². The van der Waals surface area contributed by atoms with Crippen molar-refractivity contribution in [2.24, 2.45) is 15.9 Å². The SMILES string of the molecule is C=Nc1cc(C)sc1/C(=N\CNC(C)c1cncc(F)c1)C(=C)NCC1CC1. The maximum absolute atomic E-state index is 13.4. The lowest BCUT2D eigenvalue weighted by Gasteiger charge is -2.15. The topological polar surface area (TPSA) is 61.7 Å². The normalized spacial score (nSPS) is 15.3. The summed E-state index contributed by atoms with van der Waals surface area (Å²) < 4.78 is 13.4. The largest absolute Gasteiger partial charge is 0.383 e. The summed E-state index contributed by atoms with van der Waals surface area (Å²) in [6.07, 6.45) is 5.39. The highest BCUT2D eigenvalue weighted by atomic mass is 32.1. The molecule has 1 atom stereocenters. The highest BCUT2D eigenvalue weighted by Gasteiger charge is 2.22. The van der Waals surface area contributed by atoms with Gasteiger partial charge in [-0.05, 0) is 57.0 Å². The van der Waals surface area contributed by atoms with Crippen LogP contribution in [0.3, 0.4) is 0 Å². The van der Waals surface area contributed by atoms with Gasteiger partial charge in [0, 0.05) is 23.7 Å². The van der Waals surface area contributed by atoms with Gasteiger partial charge in [0.1, 0.15) is 11.5 Å². The number of rotatable bonds is 10. The van der Waals surface area contributed by atoms with Gasteiger partial charge in [0.2, 0.25) is 0 Å². The molecule has 0 amide bonds. The molecule has 1 fully saturated rings. The molecule has 0 radical (unpaired) electrons. The number of hydrogen-bond donors (Lipinski definition) is 2. The second-order valence-electron chi connectivity index (χ2n) is 7.06.